The fourth-order valence-corrected chi connectivity index (χ4v) is 6.51. The number of hydrogen-bond acceptors (Lipinski definition) is 4. The van der Waals surface area contributed by atoms with Crippen molar-refractivity contribution in [2.75, 3.05) is 17.4 Å². The van der Waals surface area contributed by atoms with E-state index in [-0.39, 0.29) is 29.7 Å². The number of rotatable bonds is 13. The van der Waals surface area contributed by atoms with E-state index in [1.807, 2.05) is 51.1 Å². The molecule has 0 heterocycles. The zero-order chi connectivity index (χ0) is 32.6. The number of sulfonamides is 1. The van der Waals surface area contributed by atoms with Gasteiger partial charge in [0.2, 0.25) is 11.8 Å². The number of carbonyl (C=O) groups is 2. The van der Waals surface area contributed by atoms with Crippen LogP contribution in [0.3, 0.4) is 0 Å². The maximum atomic E-state index is 14.5. The largest absolute Gasteiger partial charge is 0.354 e. The Hall–Kier alpha value is -3.85. The lowest BCUT2D eigenvalue weighted by molar-refractivity contribution is -0.140. The molecule has 0 spiro atoms. The van der Waals surface area contributed by atoms with Crippen molar-refractivity contribution < 1.29 is 18.0 Å². The monoisotopic (exact) mass is 665 g/mol. The van der Waals surface area contributed by atoms with Gasteiger partial charge in [0.05, 0.1) is 20.6 Å². The SMILES string of the molecule is Cc1ccc(S(=O)(=O)N(CC(=O)N(Cc2ccc(Cl)c(Cl)c2)[C@H](Cc2ccccc2)C(=O)NCC(C)C)c2ccccc2)cc1. The molecule has 2 amide bonds. The van der Waals surface area contributed by atoms with Gasteiger partial charge in [-0.2, -0.15) is 0 Å². The van der Waals surface area contributed by atoms with Gasteiger partial charge in [0.15, 0.2) is 0 Å². The van der Waals surface area contributed by atoms with Gasteiger partial charge in [-0.05, 0) is 60.4 Å². The number of nitrogens with zero attached hydrogens (tertiary/aromatic N) is 2. The summed E-state index contributed by atoms with van der Waals surface area (Å²) in [7, 11) is -4.16. The Morgan fingerprint density at radius 1 is 0.800 bits per heavy atom. The van der Waals surface area contributed by atoms with Crippen LogP contribution in [0, 0.1) is 12.8 Å². The van der Waals surface area contributed by atoms with E-state index in [9.17, 15) is 18.0 Å². The molecule has 236 valence electrons. The van der Waals surface area contributed by atoms with Crippen LogP contribution in [0.25, 0.3) is 0 Å². The summed E-state index contributed by atoms with van der Waals surface area (Å²) in [6, 6.07) is 28.4. The average Bonchev–Trinajstić information content (AvgIpc) is 3.03. The summed E-state index contributed by atoms with van der Waals surface area (Å²) < 4.78 is 29.2. The number of nitrogens with one attached hydrogen (secondary N) is 1. The first-order valence-electron chi connectivity index (χ1n) is 14.6. The Morgan fingerprint density at radius 3 is 2.02 bits per heavy atom. The molecular weight excluding hydrogens is 629 g/mol. The van der Waals surface area contributed by atoms with E-state index in [4.69, 9.17) is 23.2 Å². The fourth-order valence-electron chi connectivity index (χ4n) is 4.77. The quantitative estimate of drug-likeness (QED) is 0.168. The van der Waals surface area contributed by atoms with Crippen molar-refractivity contribution in [1.82, 2.24) is 10.2 Å². The number of carbonyl (C=O) groups excluding carboxylic acids is 2. The average molecular weight is 667 g/mol. The van der Waals surface area contributed by atoms with E-state index in [1.54, 1.807) is 60.7 Å². The van der Waals surface area contributed by atoms with Gasteiger partial charge in [-0.15, -0.1) is 0 Å². The zero-order valence-electron chi connectivity index (χ0n) is 25.5. The third-order valence-corrected chi connectivity index (χ3v) is 9.75. The van der Waals surface area contributed by atoms with E-state index >= 15 is 0 Å². The summed E-state index contributed by atoms with van der Waals surface area (Å²) in [5, 5.41) is 3.64. The first kappa shape index (κ1) is 34.0. The number of hydrogen-bond donors (Lipinski definition) is 1. The van der Waals surface area contributed by atoms with Crippen molar-refractivity contribution in [2.45, 2.75) is 44.7 Å². The molecule has 0 aliphatic heterocycles. The highest BCUT2D eigenvalue weighted by Gasteiger charge is 2.34. The molecule has 1 atom stereocenters. The molecular formula is C35H37Cl2N3O4S. The summed E-state index contributed by atoms with van der Waals surface area (Å²) in [5.41, 5.74) is 2.71. The second-order valence-electron chi connectivity index (χ2n) is 11.3. The Labute approximate surface area is 275 Å². The summed E-state index contributed by atoms with van der Waals surface area (Å²) in [4.78, 5) is 29.8. The smallest absolute Gasteiger partial charge is 0.264 e. The molecule has 0 fully saturated rings. The lowest BCUT2D eigenvalue weighted by Crippen LogP contribution is -2.53. The molecule has 4 aromatic carbocycles. The predicted molar refractivity (Wildman–Crippen MR) is 181 cm³/mol. The number of anilines is 1. The van der Waals surface area contributed by atoms with Crippen molar-refractivity contribution in [2.24, 2.45) is 5.92 Å². The molecule has 7 nitrogen and oxygen atoms in total. The molecule has 1 N–H and O–H groups in total. The highest BCUT2D eigenvalue weighted by atomic mass is 35.5. The molecule has 0 unspecified atom stereocenters. The van der Waals surface area contributed by atoms with E-state index in [0.29, 0.717) is 27.8 Å². The summed E-state index contributed by atoms with van der Waals surface area (Å²) in [5.74, 6) is -0.714. The van der Waals surface area contributed by atoms with Crippen molar-refractivity contribution in [1.29, 1.82) is 0 Å². The van der Waals surface area contributed by atoms with Gasteiger partial charge in [-0.1, -0.05) is 109 Å². The van der Waals surface area contributed by atoms with Crippen LogP contribution in [-0.2, 0) is 32.6 Å². The minimum atomic E-state index is -4.16. The van der Waals surface area contributed by atoms with Crippen LogP contribution in [0.2, 0.25) is 10.0 Å². The van der Waals surface area contributed by atoms with Crippen molar-refractivity contribution in [3.63, 3.8) is 0 Å². The van der Waals surface area contributed by atoms with Crippen molar-refractivity contribution in [3.05, 3.63) is 130 Å². The van der Waals surface area contributed by atoms with Gasteiger partial charge in [0, 0.05) is 19.5 Å². The molecule has 0 saturated heterocycles. The Balaban J connectivity index is 1.79. The van der Waals surface area contributed by atoms with Crippen molar-refractivity contribution >= 4 is 50.7 Å². The van der Waals surface area contributed by atoms with Gasteiger partial charge in [0.25, 0.3) is 10.0 Å². The molecule has 0 aliphatic rings. The van der Waals surface area contributed by atoms with Gasteiger partial charge in [-0.3, -0.25) is 13.9 Å². The number of amides is 2. The number of benzene rings is 4. The van der Waals surface area contributed by atoms with Crippen LogP contribution in [0.5, 0.6) is 0 Å². The third kappa shape index (κ3) is 9.10. The molecule has 4 rings (SSSR count). The number of para-hydroxylation sites is 1. The van der Waals surface area contributed by atoms with Gasteiger partial charge in [0.1, 0.15) is 12.6 Å². The topological polar surface area (TPSA) is 86.8 Å². The van der Waals surface area contributed by atoms with Gasteiger partial charge in [-0.25, -0.2) is 8.42 Å². The van der Waals surface area contributed by atoms with E-state index in [1.165, 1.54) is 17.0 Å². The van der Waals surface area contributed by atoms with Crippen LogP contribution in [0.15, 0.2) is 108 Å². The highest BCUT2D eigenvalue weighted by Crippen LogP contribution is 2.27. The third-order valence-electron chi connectivity index (χ3n) is 7.22. The highest BCUT2D eigenvalue weighted by molar-refractivity contribution is 7.92. The summed E-state index contributed by atoms with van der Waals surface area (Å²) in [6.07, 6.45) is 0.216. The van der Waals surface area contributed by atoms with Crippen LogP contribution in [0.4, 0.5) is 5.69 Å². The number of halogens is 2. The normalized spacial score (nSPS) is 12.0. The summed E-state index contributed by atoms with van der Waals surface area (Å²) >= 11 is 12.5. The van der Waals surface area contributed by atoms with Crippen LogP contribution in [0.1, 0.15) is 30.5 Å². The molecule has 0 saturated carbocycles. The number of aryl methyl sites for hydroxylation is 1. The van der Waals surface area contributed by atoms with Crippen LogP contribution < -0.4 is 9.62 Å². The van der Waals surface area contributed by atoms with Gasteiger partial charge < -0.3 is 10.2 Å². The second kappa shape index (κ2) is 15.4. The van der Waals surface area contributed by atoms with Gasteiger partial charge >= 0.3 is 0 Å². The van der Waals surface area contributed by atoms with E-state index in [2.05, 4.69) is 5.32 Å². The molecule has 10 heteroatoms. The predicted octanol–water partition coefficient (Wildman–Crippen LogP) is 6.91. The fraction of sp³-hybridized carbons (Fsp3) is 0.257. The molecule has 0 aromatic heterocycles. The first-order valence-corrected chi connectivity index (χ1v) is 16.8. The van der Waals surface area contributed by atoms with Crippen LogP contribution in [-0.4, -0.2) is 44.3 Å². The minimum Gasteiger partial charge on any atom is -0.354 e. The maximum absolute atomic E-state index is 14.5. The zero-order valence-corrected chi connectivity index (χ0v) is 27.8. The molecule has 0 aliphatic carbocycles. The standard InChI is InChI=1S/C35H37Cl2N3O4S/c1-25(2)22-38-35(42)33(21-27-10-6-4-7-11-27)39(23-28-16-19-31(36)32(37)20-28)34(41)24-40(29-12-8-5-9-13-29)45(43,44)30-17-14-26(3)15-18-30/h4-20,25,33H,21-24H2,1-3H3,(H,38,42)/t33-/m1/s1. The van der Waals surface area contributed by atoms with E-state index < -0.39 is 28.5 Å². The Morgan fingerprint density at radius 2 is 1.42 bits per heavy atom. The van der Waals surface area contributed by atoms with Crippen LogP contribution >= 0.6 is 23.2 Å². The lowest BCUT2D eigenvalue weighted by Gasteiger charge is -2.34. The lowest BCUT2D eigenvalue weighted by atomic mass is 10.0. The summed E-state index contributed by atoms with van der Waals surface area (Å²) in [6.45, 7) is 5.71. The molecule has 0 radical (unpaired) electrons. The second-order valence-corrected chi connectivity index (χ2v) is 14.0. The maximum Gasteiger partial charge on any atom is 0.264 e. The molecule has 45 heavy (non-hydrogen) atoms. The van der Waals surface area contributed by atoms with E-state index in [0.717, 1.165) is 15.4 Å². The van der Waals surface area contributed by atoms with Crippen molar-refractivity contribution in [3.8, 4) is 0 Å². The molecule has 4 aromatic rings. The minimum absolute atomic E-state index is 0.00443. The first-order chi connectivity index (χ1) is 21.5. The Bertz CT molecular complexity index is 1700. The molecule has 0 bridgehead atoms. The Kier molecular flexibility index (Phi) is 11.7.